The van der Waals surface area contributed by atoms with Crippen LogP contribution in [0.25, 0.3) is 0 Å². The first kappa shape index (κ1) is 14.7. The highest BCUT2D eigenvalue weighted by molar-refractivity contribution is 5.82. The third-order valence-corrected chi connectivity index (χ3v) is 3.01. The van der Waals surface area contributed by atoms with Crippen LogP contribution in [0.5, 0.6) is 0 Å². The van der Waals surface area contributed by atoms with Gasteiger partial charge in [0.1, 0.15) is 0 Å². The van der Waals surface area contributed by atoms with Crippen molar-refractivity contribution in [2.75, 3.05) is 6.54 Å². The predicted molar refractivity (Wildman–Crippen MR) is 75.3 cm³/mol. The van der Waals surface area contributed by atoms with Crippen molar-refractivity contribution in [3.05, 3.63) is 35.4 Å². The van der Waals surface area contributed by atoms with Crippen LogP contribution >= 0.6 is 0 Å². The highest BCUT2D eigenvalue weighted by atomic mass is 16.2. The van der Waals surface area contributed by atoms with Gasteiger partial charge < -0.3 is 11.1 Å². The van der Waals surface area contributed by atoms with E-state index in [0.29, 0.717) is 6.54 Å². The standard InChI is InChI=1S/C15H24N2O/c1-11-6-5-7-12(10-11)8-9-17-14(18)13(16)15(2,3)4/h5-7,10,13H,8-9,16H2,1-4H3,(H,17,18)/t13-/m1/s1. The Kier molecular flexibility index (Phi) is 4.91. The Bertz CT molecular complexity index is 407. The average molecular weight is 248 g/mol. The first-order valence-electron chi connectivity index (χ1n) is 6.39. The van der Waals surface area contributed by atoms with Crippen molar-refractivity contribution in [1.82, 2.24) is 5.32 Å². The van der Waals surface area contributed by atoms with Crippen LogP contribution in [0.2, 0.25) is 0 Å². The summed E-state index contributed by atoms with van der Waals surface area (Å²) in [6, 6.07) is 7.85. The number of hydrogen-bond acceptors (Lipinski definition) is 2. The van der Waals surface area contributed by atoms with Gasteiger partial charge in [-0.25, -0.2) is 0 Å². The summed E-state index contributed by atoms with van der Waals surface area (Å²) in [5.74, 6) is -0.0739. The van der Waals surface area contributed by atoms with E-state index in [4.69, 9.17) is 5.73 Å². The van der Waals surface area contributed by atoms with E-state index in [1.807, 2.05) is 26.8 Å². The molecule has 0 fully saturated rings. The Labute approximate surface area is 110 Å². The number of nitrogens with two attached hydrogens (primary N) is 1. The molecular weight excluding hydrogens is 224 g/mol. The Morgan fingerprint density at radius 3 is 2.61 bits per heavy atom. The van der Waals surface area contributed by atoms with E-state index in [0.717, 1.165) is 6.42 Å². The molecule has 1 amide bonds. The van der Waals surface area contributed by atoms with Crippen LogP contribution in [0.3, 0.4) is 0 Å². The third-order valence-electron chi connectivity index (χ3n) is 3.01. The zero-order valence-electron chi connectivity index (χ0n) is 11.8. The van der Waals surface area contributed by atoms with Gasteiger partial charge in [0.2, 0.25) is 5.91 Å². The summed E-state index contributed by atoms with van der Waals surface area (Å²) < 4.78 is 0. The normalized spacial score (nSPS) is 13.2. The van der Waals surface area contributed by atoms with E-state index in [-0.39, 0.29) is 11.3 Å². The summed E-state index contributed by atoms with van der Waals surface area (Å²) in [6.45, 7) is 8.61. The number of carbonyl (C=O) groups is 1. The van der Waals surface area contributed by atoms with Crippen molar-refractivity contribution in [3.8, 4) is 0 Å². The molecule has 1 aromatic carbocycles. The number of hydrogen-bond donors (Lipinski definition) is 2. The third kappa shape index (κ3) is 4.49. The largest absolute Gasteiger partial charge is 0.354 e. The molecule has 0 bridgehead atoms. The van der Waals surface area contributed by atoms with Crippen molar-refractivity contribution in [2.45, 2.75) is 40.2 Å². The first-order chi connectivity index (χ1) is 8.30. The van der Waals surface area contributed by atoms with E-state index in [1.165, 1.54) is 11.1 Å². The maximum Gasteiger partial charge on any atom is 0.237 e. The van der Waals surface area contributed by atoms with Gasteiger partial charge in [-0.15, -0.1) is 0 Å². The summed E-state index contributed by atoms with van der Waals surface area (Å²) in [5, 5.41) is 2.89. The van der Waals surface area contributed by atoms with E-state index in [1.54, 1.807) is 0 Å². The van der Waals surface area contributed by atoms with Gasteiger partial charge in [-0.1, -0.05) is 50.6 Å². The Morgan fingerprint density at radius 1 is 1.39 bits per heavy atom. The SMILES string of the molecule is Cc1cccc(CCNC(=O)[C@@H](N)C(C)(C)C)c1. The molecule has 18 heavy (non-hydrogen) atoms. The number of nitrogens with one attached hydrogen (secondary N) is 1. The molecule has 0 radical (unpaired) electrons. The lowest BCUT2D eigenvalue weighted by Gasteiger charge is -2.25. The predicted octanol–water partition coefficient (Wildman–Crippen LogP) is 2.03. The quantitative estimate of drug-likeness (QED) is 0.856. The van der Waals surface area contributed by atoms with Crippen molar-refractivity contribution in [1.29, 1.82) is 0 Å². The molecule has 0 heterocycles. The summed E-state index contributed by atoms with van der Waals surface area (Å²) in [5.41, 5.74) is 8.16. The van der Waals surface area contributed by atoms with Gasteiger partial charge in [0.05, 0.1) is 6.04 Å². The number of rotatable bonds is 4. The zero-order valence-corrected chi connectivity index (χ0v) is 11.8. The minimum absolute atomic E-state index is 0.0739. The van der Waals surface area contributed by atoms with Gasteiger partial charge >= 0.3 is 0 Å². The van der Waals surface area contributed by atoms with E-state index in [2.05, 4.69) is 30.4 Å². The molecule has 0 unspecified atom stereocenters. The molecule has 0 saturated carbocycles. The topological polar surface area (TPSA) is 55.1 Å². The average Bonchev–Trinajstić information content (AvgIpc) is 2.26. The summed E-state index contributed by atoms with van der Waals surface area (Å²) in [7, 11) is 0. The fourth-order valence-electron chi connectivity index (χ4n) is 1.70. The van der Waals surface area contributed by atoms with E-state index in [9.17, 15) is 4.79 Å². The molecule has 3 nitrogen and oxygen atoms in total. The second-order valence-corrected chi connectivity index (χ2v) is 5.87. The summed E-state index contributed by atoms with van der Waals surface area (Å²) in [4.78, 5) is 11.8. The molecule has 1 rings (SSSR count). The van der Waals surface area contributed by atoms with Gasteiger partial charge in [0.25, 0.3) is 0 Å². The first-order valence-corrected chi connectivity index (χ1v) is 6.39. The van der Waals surface area contributed by atoms with E-state index >= 15 is 0 Å². The molecule has 100 valence electrons. The minimum Gasteiger partial charge on any atom is -0.354 e. The van der Waals surface area contributed by atoms with Crippen molar-refractivity contribution < 1.29 is 4.79 Å². The molecule has 1 aromatic rings. The van der Waals surface area contributed by atoms with Crippen molar-refractivity contribution in [3.63, 3.8) is 0 Å². The monoisotopic (exact) mass is 248 g/mol. The fraction of sp³-hybridized carbons (Fsp3) is 0.533. The molecule has 0 aliphatic rings. The number of carbonyl (C=O) groups excluding carboxylic acids is 1. The van der Waals surface area contributed by atoms with Gasteiger partial charge in [-0.05, 0) is 24.3 Å². The van der Waals surface area contributed by atoms with Crippen LogP contribution < -0.4 is 11.1 Å². The Balaban J connectivity index is 2.41. The smallest absolute Gasteiger partial charge is 0.237 e. The molecule has 1 atom stereocenters. The Hall–Kier alpha value is -1.35. The maximum atomic E-state index is 11.8. The molecule has 3 heteroatoms. The summed E-state index contributed by atoms with van der Waals surface area (Å²) >= 11 is 0. The maximum absolute atomic E-state index is 11.8. The lowest BCUT2D eigenvalue weighted by molar-refractivity contribution is -0.124. The Morgan fingerprint density at radius 2 is 2.06 bits per heavy atom. The number of amides is 1. The fourth-order valence-corrected chi connectivity index (χ4v) is 1.70. The van der Waals surface area contributed by atoms with Crippen LogP contribution in [-0.4, -0.2) is 18.5 Å². The molecule has 3 N–H and O–H groups in total. The minimum atomic E-state index is -0.463. The van der Waals surface area contributed by atoms with Crippen LogP contribution in [0.4, 0.5) is 0 Å². The lowest BCUT2D eigenvalue weighted by Crippen LogP contribution is -2.48. The molecular formula is C15H24N2O. The van der Waals surface area contributed by atoms with Crippen molar-refractivity contribution in [2.24, 2.45) is 11.1 Å². The van der Waals surface area contributed by atoms with Gasteiger partial charge in [-0.2, -0.15) is 0 Å². The van der Waals surface area contributed by atoms with Crippen LogP contribution in [0.1, 0.15) is 31.9 Å². The lowest BCUT2D eigenvalue weighted by atomic mass is 9.87. The number of benzene rings is 1. The van der Waals surface area contributed by atoms with Gasteiger partial charge in [-0.3, -0.25) is 4.79 Å². The summed E-state index contributed by atoms with van der Waals surface area (Å²) in [6.07, 6.45) is 0.838. The highest BCUT2D eigenvalue weighted by Crippen LogP contribution is 2.17. The van der Waals surface area contributed by atoms with Crippen LogP contribution in [-0.2, 0) is 11.2 Å². The second-order valence-electron chi connectivity index (χ2n) is 5.87. The number of aryl methyl sites for hydroxylation is 1. The second kappa shape index (κ2) is 6.01. The van der Waals surface area contributed by atoms with Crippen LogP contribution in [0.15, 0.2) is 24.3 Å². The highest BCUT2D eigenvalue weighted by Gasteiger charge is 2.26. The van der Waals surface area contributed by atoms with Crippen molar-refractivity contribution >= 4 is 5.91 Å². The molecule has 0 aliphatic carbocycles. The molecule has 0 aromatic heterocycles. The molecule has 0 spiro atoms. The van der Waals surface area contributed by atoms with Gasteiger partial charge in [0.15, 0.2) is 0 Å². The molecule has 0 aliphatic heterocycles. The van der Waals surface area contributed by atoms with E-state index < -0.39 is 6.04 Å². The van der Waals surface area contributed by atoms with Crippen LogP contribution in [0, 0.1) is 12.3 Å². The van der Waals surface area contributed by atoms with Gasteiger partial charge in [0, 0.05) is 6.54 Å². The molecule has 0 saturated heterocycles. The zero-order chi connectivity index (χ0) is 13.8.